The summed E-state index contributed by atoms with van der Waals surface area (Å²) in [6.07, 6.45) is 0. The maximum absolute atomic E-state index is 13.8. The van der Waals surface area contributed by atoms with Crippen LogP contribution in [-0.4, -0.2) is 20.6 Å². The van der Waals surface area contributed by atoms with Crippen molar-refractivity contribution in [1.29, 1.82) is 0 Å². The first-order valence-electron chi connectivity index (χ1n) is 8.22. The number of hydrogen-bond acceptors (Lipinski definition) is 4. The average molecular weight is 416 g/mol. The Morgan fingerprint density at radius 1 is 0.893 bits per heavy atom. The van der Waals surface area contributed by atoms with Crippen molar-refractivity contribution in [3.63, 3.8) is 0 Å². The van der Waals surface area contributed by atoms with Crippen LogP contribution in [0.2, 0.25) is 0 Å². The van der Waals surface area contributed by atoms with Crippen molar-refractivity contribution in [2.75, 3.05) is 17.7 Å². The van der Waals surface area contributed by atoms with E-state index >= 15 is 0 Å². The van der Waals surface area contributed by atoms with E-state index in [1.54, 1.807) is 30.3 Å². The molecular formula is C20H17FN2O3S2. The normalized spacial score (nSPS) is 10.9. The van der Waals surface area contributed by atoms with Gasteiger partial charge < -0.3 is 15.4 Å². The van der Waals surface area contributed by atoms with Crippen LogP contribution in [0.1, 0.15) is 0 Å². The fourth-order valence-electron chi connectivity index (χ4n) is 2.53. The molecule has 0 spiro atoms. The molecule has 28 heavy (non-hydrogen) atoms. The van der Waals surface area contributed by atoms with Gasteiger partial charge in [0.05, 0.1) is 28.3 Å². The number of halogens is 1. The Bertz CT molecular complexity index is 1100. The van der Waals surface area contributed by atoms with Crippen molar-refractivity contribution in [2.24, 2.45) is 0 Å². The zero-order valence-electron chi connectivity index (χ0n) is 14.8. The van der Waals surface area contributed by atoms with E-state index in [4.69, 9.17) is 17.0 Å². The summed E-state index contributed by atoms with van der Waals surface area (Å²) in [6, 6.07) is 18.6. The summed E-state index contributed by atoms with van der Waals surface area (Å²) in [7, 11) is -2.25. The number of sulfone groups is 1. The van der Waals surface area contributed by atoms with Gasteiger partial charge in [-0.2, -0.15) is 0 Å². The lowest BCUT2D eigenvalue weighted by Crippen LogP contribution is -2.20. The van der Waals surface area contributed by atoms with Gasteiger partial charge in [0.2, 0.25) is 9.84 Å². The maximum atomic E-state index is 13.8. The second kappa shape index (κ2) is 8.37. The van der Waals surface area contributed by atoms with Crippen LogP contribution in [0.25, 0.3) is 0 Å². The molecule has 0 amide bonds. The van der Waals surface area contributed by atoms with Crippen molar-refractivity contribution in [1.82, 2.24) is 0 Å². The lowest BCUT2D eigenvalue weighted by Gasteiger charge is -2.15. The molecule has 2 N–H and O–H groups in total. The summed E-state index contributed by atoms with van der Waals surface area (Å²) in [5, 5.41) is 5.70. The van der Waals surface area contributed by atoms with Crippen molar-refractivity contribution in [3.05, 3.63) is 78.6 Å². The molecule has 0 aliphatic heterocycles. The molecule has 0 aliphatic rings. The van der Waals surface area contributed by atoms with Gasteiger partial charge in [0, 0.05) is 0 Å². The Kier molecular flexibility index (Phi) is 5.91. The van der Waals surface area contributed by atoms with E-state index in [1.165, 1.54) is 49.6 Å². The lowest BCUT2D eigenvalue weighted by atomic mass is 10.3. The number of methoxy groups -OCH3 is 1. The molecule has 0 bridgehead atoms. The maximum Gasteiger partial charge on any atom is 0.206 e. The van der Waals surface area contributed by atoms with Gasteiger partial charge in [-0.15, -0.1) is 0 Å². The van der Waals surface area contributed by atoms with Gasteiger partial charge >= 0.3 is 0 Å². The molecule has 0 aliphatic carbocycles. The molecular weight excluding hydrogens is 399 g/mol. The van der Waals surface area contributed by atoms with Crippen LogP contribution in [0.3, 0.4) is 0 Å². The topological polar surface area (TPSA) is 67.4 Å². The van der Waals surface area contributed by atoms with Crippen molar-refractivity contribution in [2.45, 2.75) is 9.79 Å². The van der Waals surface area contributed by atoms with Gasteiger partial charge in [-0.25, -0.2) is 12.8 Å². The SMILES string of the molecule is COc1ccc(S(=O)(=O)c2ccccc2)cc1NC(=S)Nc1ccccc1F. The average Bonchev–Trinajstić information content (AvgIpc) is 2.70. The third kappa shape index (κ3) is 4.29. The Balaban J connectivity index is 1.90. The van der Waals surface area contributed by atoms with Gasteiger partial charge in [-0.1, -0.05) is 30.3 Å². The predicted octanol–water partition coefficient (Wildman–Crippen LogP) is 4.48. The highest BCUT2D eigenvalue weighted by Crippen LogP contribution is 2.30. The quantitative estimate of drug-likeness (QED) is 0.598. The molecule has 0 saturated heterocycles. The minimum Gasteiger partial charge on any atom is -0.495 e. The number of hydrogen-bond donors (Lipinski definition) is 2. The zero-order chi connectivity index (χ0) is 20.1. The molecule has 8 heteroatoms. The molecule has 3 aromatic carbocycles. The number of anilines is 2. The van der Waals surface area contributed by atoms with Gasteiger partial charge in [0.1, 0.15) is 11.6 Å². The highest BCUT2D eigenvalue weighted by atomic mass is 32.2. The minimum absolute atomic E-state index is 0.0793. The Labute approximate surface area is 168 Å². The molecule has 0 aromatic heterocycles. The highest BCUT2D eigenvalue weighted by molar-refractivity contribution is 7.91. The summed E-state index contributed by atoms with van der Waals surface area (Å²) < 4.78 is 44.7. The fraction of sp³-hybridized carbons (Fsp3) is 0.0500. The summed E-state index contributed by atoms with van der Waals surface area (Å²) in [4.78, 5) is 0.258. The van der Waals surface area contributed by atoms with Crippen LogP contribution in [0.15, 0.2) is 82.6 Å². The van der Waals surface area contributed by atoms with E-state index in [2.05, 4.69) is 10.6 Å². The number of ether oxygens (including phenoxy) is 1. The number of benzene rings is 3. The van der Waals surface area contributed by atoms with Crippen LogP contribution >= 0.6 is 12.2 Å². The van der Waals surface area contributed by atoms with Crippen LogP contribution in [0.4, 0.5) is 15.8 Å². The molecule has 144 valence electrons. The van der Waals surface area contributed by atoms with Gasteiger partial charge in [-0.05, 0) is 54.7 Å². The second-order valence-electron chi connectivity index (χ2n) is 5.74. The van der Waals surface area contributed by atoms with Crippen LogP contribution in [0, 0.1) is 5.82 Å². The third-order valence-electron chi connectivity index (χ3n) is 3.91. The fourth-order valence-corrected chi connectivity index (χ4v) is 4.05. The number of nitrogens with one attached hydrogen (secondary N) is 2. The molecule has 0 fully saturated rings. The Morgan fingerprint density at radius 3 is 2.21 bits per heavy atom. The van der Waals surface area contributed by atoms with Gasteiger partial charge in [0.15, 0.2) is 5.11 Å². The first kappa shape index (κ1) is 19.8. The van der Waals surface area contributed by atoms with Crippen LogP contribution < -0.4 is 15.4 Å². The van der Waals surface area contributed by atoms with E-state index in [-0.39, 0.29) is 20.6 Å². The number of thiocarbonyl (C=S) groups is 1. The van der Waals surface area contributed by atoms with Crippen LogP contribution in [-0.2, 0) is 9.84 Å². The van der Waals surface area contributed by atoms with Crippen molar-refractivity contribution >= 4 is 38.5 Å². The third-order valence-corrected chi connectivity index (χ3v) is 5.88. The van der Waals surface area contributed by atoms with E-state index in [0.29, 0.717) is 11.4 Å². The first-order chi connectivity index (χ1) is 13.4. The lowest BCUT2D eigenvalue weighted by molar-refractivity contribution is 0.416. The Hall–Kier alpha value is -2.97. The molecule has 0 atom stereocenters. The molecule has 5 nitrogen and oxygen atoms in total. The van der Waals surface area contributed by atoms with E-state index in [0.717, 1.165) is 0 Å². The minimum atomic E-state index is -3.71. The van der Waals surface area contributed by atoms with Crippen molar-refractivity contribution in [3.8, 4) is 5.75 Å². The van der Waals surface area contributed by atoms with E-state index < -0.39 is 15.7 Å². The number of rotatable bonds is 5. The molecule has 0 saturated carbocycles. The van der Waals surface area contributed by atoms with Crippen LogP contribution in [0.5, 0.6) is 5.75 Å². The Morgan fingerprint density at radius 2 is 1.54 bits per heavy atom. The molecule has 3 rings (SSSR count). The van der Waals surface area contributed by atoms with Gasteiger partial charge in [-0.3, -0.25) is 0 Å². The summed E-state index contributed by atoms with van der Waals surface area (Å²) >= 11 is 5.22. The molecule has 0 unspecified atom stereocenters. The van der Waals surface area contributed by atoms with E-state index in [9.17, 15) is 12.8 Å². The molecule has 0 radical (unpaired) electrons. The summed E-state index contributed by atoms with van der Waals surface area (Å²) in [5.74, 6) is -0.0660. The smallest absolute Gasteiger partial charge is 0.206 e. The summed E-state index contributed by atoms with van der Waals surface area (Å²) in [6.45, 7) is 0. The van der Waals surface area contributed by atoms with Gasteiger partial charge in [0.25, 0.3) is 0 Å². The predicted molar refractivity (Wildman–Crippen MR) is 111 cm³/mol. The zero-order valence-corrected chi connectivity index (χ0v) is 16.5. The standard InChI is InChI=1S/C20H17FN2O3S2/c1-26-19-12-11-15(28(24,25)14-7-3-2-4-8-14)13-18(19)23-20(27)22-17-10-6-5-9-16(17)21/h2-13H,1H3,(H2,22,23,27). The van der Waals surface area contributed by atoms with E-state index in [1.807, 2.05) is 0 Å². The highest BCUT2D eigenvalue weighted by Gasteiger charge is 2.19. The molecule has 0 heterocycles. The largest absolute Gasteiger partial charge is 0.495 e. The molecule has 3 aromatic rings. The van der Waals surface area contributed by atoms with Crippen molar-refractivity contribution < 1.29 is 17.5 Å². The first-order valence-corrected chi connectivity index (χ1v) is 10.1. The second-order valence-corrected chi connectivity index (χ2v) is 8.10. The summed E-state index contributed by atoms with van der Waals surface area (Å²) in [5.41, 5.74) is 0.542. The monoisotopic (exact) mass is 416 g/mol. The number of para-hydroxylation sites is 1.